The molecule has 0 aliphatic carbocycles. The predicted octanol–water partition coefficient (Wildman–Crippen LogP) is 18.2. The maximum absolute atomic E-state index is 11.1. The van der Waals surface area contributed by atoms with E-state index in [-0.39, 0.29) is 111 Å². The number of thiophene rings is 2. The molecule has 27 nitrogen and oxygen atoms in total. The maximum atomic E-state index is 11.1. The van der Waals surface area contributed by atoms with E-state index in [4.69, 9.17) is 70.7 Å². The van der Waals surface area contributed by atoms with Crippen molar-refractivity contribution in [2.24, 2.45) is 0 Å². The van der Waals surface area contributed by atoms with Crippen LogP contribution in [0, 0.1) is 0 Å². The smallest absolute Gasteiger partial charge is 0.330 e. The van der Waals surface area contributed by atoms with Crippen molar-refractivity contribution in [1.82, 2.24) is 0 Å². The van der Waals surface area contributed by atoms with Gasteiger partial charge >= 0.3 is 71.6 Å². The van der Waals surface area contributed by atoms with E-state index >= 15 is 0 Å². The van der Waals surface area contributed by atoms with E-state index in [1.807, 2.05) is 162 Å². The molecule has 0 fully saturated rings. The molecule has 0 radical (unpaired) electrons. The van der Waals surface area contributed by atoms with Crippen LogP contribution in [0.1, 0.15) is 87.4 Å². The number of esters is 12. The fourth-order valence-electron chi connectivity index (χ4n) is 9.98. The molecular weight excluding hydrogens is 1710 g/mol. The summed E-state index contributed by atoms with van der Waals surface area (Å²) >= 11 is 2.94. The van der Waals surface area contributed by atoms with Gasteiger partial charge in [-0.05, 0) is 138 Å². The van der Waals surface area contributed by atoms with Crippen molar-refractivity contribution in [3.05, 3.63) is 387 Å². The number of carbonyl (C=O) groups excluding carboxylic acids is 12. The van der Waals surface area contributed by atoms with Crippen molar-refractivity contribution in [2.45, 2.75) is 85.5 Å². The average molecular weight is 1810 g/mol. The fraction of sp³-hybridized carbons (Fsp3) is 0.188. The number of carbonyl (C=O) groups is 12. The molecule has 682 valence electrons. The largest absolute Gasteiger partial charge is 0.490 e. The normalized spacial score (nSPS) is 9.87. The molecule has 0 spiro atoms. The van der Waals surface area contributed by atoms with Crippen LogP contribution in [0.25, 0.3) is 21.9 Å². The van der Waals surface area contributed by atoms with Crippen LogP contribution in [0.3, 0.4) is 0 Å². The zero-order chi connectivity index (χ0) is 94.7. The first-order valence-electron chi connectivity index (χ1n) is 38.9. The summed E-state index contributed by atoms with van der Waals surface area (Å²) in [5, 5.41) is 5.87. The van der Waals surface area contributed by atoms with E-state index in [0.29, 0.717) is 23.0 Å². The van der Waals surface area contributed by atoms with Gasteiger partial charge in [0.1, 0.15) is 116 Å². The monoisotopic (exact) mass is 1810 g/mol. The highest BCUT2D eigenvalue weighted by atomic mass is 32.1. The predicted molar refractivity (Wildman–Crippen MR) is 493 cm³/mol. The minimum Gasteiger partial charge on any atom is -0.490 e. The Morgan fingerprint density at radius 2 is 0.600 bits per heavy atom. The number of benzene rings is 6. The number of hydrogen-bond acceptors (Lipinski definition) is 29. The third kappa shape index (κ3) is 43.3. The minimum absolute atomic E-state index is 0. The third-order valence-corrected chi connectivity index (χ3v) is 18.5. The first kappa shape index (κ1) is 109. The molecule has 0 N–H and O–H groups in total. The lowest BCUT2D eigenvalue weighted by atomic mass is 9.78. The second-order valence-corrected chi connectivity index (χ2v) is 28.2. The molecule has 3 aromatic heterocycles. The Morgan fingerprint density at radius 1 is 0.315 bits per heavy atom. The van der Waals surface area contributed by atoms with Crippen molar-refractivity contribution in [2.75, 3.05) is 39.6 Å². The van der Waals surface area contributed by atoms with Gasteiger partial charge in [-0.25, -0.2) is 57.5 Å². The van der Waals surface area contributed by atoms with Gasteiger partial charge in [0.2, 0.25) is 0 Å². The Balaban J connectivity index is 0.000000407. The van der Waals surface area contributed by atoms with Crippen molar-refractivity contribution >= 4 is 105 Å². The Labute approximate surface area is 763 Å². The van der Waals surface area contributed by atoms with Crippen LogP contribution in [-0.2, 0) is 173 Å². The Morgan fingerprint density at radius 3 is 0.908 bits per heavy atom. The quantitative estimate of drug-likeness (QED) is 0.0148. The number of ether oxygens (including phenoxy) is 14. The van der Waals surface area contributed by atoms with Crippen LogP contribution in [0.15, 0.2) is 331 Å². The molecule has 9 aromatic rings. The molecule has 0 saturated carbocycles. The van der Waals surface area contributed by atoms with Gasteiger partial charge < -0.3 is 70.7 Å². The Hall–Kier alpha value is -15.6. The number of furan rings is 1. The first-order chi connectivity index (χ1) is 62.1. The van der Waals surface area contributed by atoms with E-state index in [0.717, 1.165) is 144 Å². The molecule has 9 rings (SSSR count). The standard InChI is InChI=1S/C25H28O6.C20H18O4.C18H16O4.C13H14O4S.C12H12O5.C12H12O4S.CH4/c1-5-23(26)30-17-15-28-21-11-7-19(8-12-21)25(3,4)20-9-13-22(14-10-20)29-16-18-31-24(27)6-2;1-3-19(21)23-13-15-5-9-17(10-6-15)18-11-7-16(8-12-18)14-24-20(22)4-2;1-3-17(19)21-11-13-5-7-16-10-14(6-8-15(16)9-13)12-22-18(20)4-2;1-3-12(14)16-7-11(8-17-13(15)4-2)10-5-6-18-9-10;2*1-3-11(13)15-7-9-5-6-10(17-9)8-16-12(14)4-2;/h5-14H,1-2,15-18H2,3-4H3;3-12H,1-2,13-14H2;3-10H,1-2,11-12H2;3-6,9,11H,1-2,7-8H2;2*3-6H,1-2,7-8H2;1H4. The van der Waals surface area contributed by atoms with Crippen LogP contribution in [0.2, 0.25) is 0 Å². The molecular formula is C101H104O27S2. The Bertz CT molecular complexity index is 4910. The van der Waals surface area contributed by atoms with Crippen LogP contribution in [0.5, 0.6) is 11.5 Å². The summed E-state index contributed by atoms with van der Waals surface area (Å²) in [5.41, 5.74) is 8.69. The van der Waals surface area contributed by atoms with Crippen molar-refractivity contribution in [1.29, 1.82) is 0 Å². The van der Waals surface area contributed by atoms with Crippen molar-refractivity contribution in [3.8, 4) is 22.6 Å². The maximum Gasteiger partial charge on any atom is 0.330 e. The zero-order valence-electron chi connectivity index (χ0n) is 71.5. The lowest BCUT2D eigenvalue weighted by Crippen LogP contribution is -2.19. The summed E-state index contributed by atoms with van der Waals surface area (Å²) in [5.74, 6) is -3.50. The fourth-order valence-corrected chi connectivity index (χ4v) is 11.6. The van der Waals surface area contributed by atoms with Crippen LogP contribution in [0.4, 0.5) is 0 Å². The molecule has 0 saturated heterocycles. The van der Waals surface area contributed by atoms with Crippen LogP contribution < -0.4 is 9.47 Å². The SMILES string of the molecule is C.C=CC(=O)OCC(COC(=O)C=C)c1ccsc1.C=CC(=O)OCCOc1ccc(C(C)(C)c2ccc(OCCOC(=O)C=C)cc2)cc1.C=CC(=O)OCc1ccc(-c2ccc(COC(=O)C=C)cc2)cc1.C=CC(=O)OCc1ccc(COC(=O)C=C)o1.C=CC(=O)OCc1ccc(COC(=O)C=C)s1.C=CC(=O)OCc1ccc2cc(COC(=O)C=C)ccc2c1. The zero-order valence-corrected chi connectivity index (χ0v) is 73.1. The molecule has 0 aliphatic rings. The molecule has 0 atom stereocenters. The topological polar surface area (TPSA) is 347 Å². The highest BCUT2D eigenvalue weighted by molar-refractivity contribution is 7.12. The summed E-state index contributed by atoms with van der Waals surface area (Å²) < 4.78 is 75.4. The Kier molecular flexibility index (Phi) is 51.5. The van der Waals surface area contributed by atoms with Crippen LogP contribution in [-0.4, -0.2) is 111 Å². The molecule has 29 heteroatoms. The van der Waals surface area contributed by atoms with Crippen molar-refractivity contribution < 1.29 is 128 Å². The summed E-state index contributed by atoms with van der Waals surface area (Å²) in [4.78, 5) is 133. The van der Waals surface area contributed by atoms with Crippen LogP contribution >= 0.6 is 22.7 Å². The van der Waals surface area contributed by atoms with Gasteiger partial charge in [0.15, 0.2) is 0 Å². The van der Waals surface area contributed by atoms with Gasteiger partial charge in [0.05, 0.1) is 5.92 Å². The van der Waals surface area contributed by atoms with Crippen molar-refractivity contribution in [3.63, 3.8) is 0 Å². The van der Waals surface area contributed by atoms with E-state index in [2.05, 4.69) is 92.8 Å². The number of rotatable bonds is 44. The number of hydrogen-bond donors (Lipinski definition) is 0. The summed E-state index contributed by atoms with van der Waals surface area (Å²) in [6.07, 6.45) is 13.3. The molecule has 0 aliphatic heterocycles. The minimum atomic E-state index is -0.527. The van der Waals surface area contributed by atoms with Gasteiger partial charge in [-0.1, -0.05) is 197 Å². The van der Waals surface area contributed by atoms with E-state index in [1.165, 1.54) is 22.7 Å². The average Bonchev–Trinajstić information content (AvgIpc) is 1.03. The molecule has 130 heavy (non-hydrogen) atoms. The summed E-state index contributed by atoms with van der Waals surface area (Å²) in [6, 6.07) is 51.5. The highest BCUT2D eigenvalue weighted by Crippen LogP contribution is 2.34. The second-order valence-electron chi connectivity index (χ2n) is 26.2. The lowest BCUT2D eigenvalue weighted by Gasteiger charge is -2.26. The van der Waals surface area contributed by atoms with Gasteiger partial charge in [-0.15, -0.1) is 11.3 Å². The third-order valence-electron chi connectivity index (χ3n) is 16.8. The van der Waals surface area contributed by atoms with Gasteiger partial charge in [-0.3, -0.25) is 0 Å². The second kappa shape index (κ2) is 61.7. The summed E-state index contributed by atoms with van der Waals surface area (Å²) in [6.45, 7) is 46.6. The van der Waals surface area contributed by atoms with Gasteiger partial charge in [0, 0.05) is 88.1 Å². The van der Waals surface area contributed by atoms with E-state index < -0.39 is 71.6 Å². The summed E-state index contributed by atoms with van der Waals surface area (Å²) in [7, 11) is 0. The van der Waals surface area contributed by atoms with E-state index in [9.17, 15) is 57.5 Å². The molecule has 0 bridgehead atoms. The number of fused-ring (bicyclic) bond motifs is 1. The first-order valence-corrected chi connectivity index (χ1v) is 40.7. The lowest BCUT2D eigenvalue weighted by molar-refractivity contribution is -0.142. The molecule has 3 heterocycles. The molecule has 6 aromatic carbocycles. The van der Waals surface area contributed by atoms with E-state index in [1.54, 1.807) is 12.1 Å². The van der Waals surface area contributed by atoms with Gasteiger partial charge in [-0.2, -0.15) is 11.3 Å². The highest BCUT2D eigenvalue weighted by Gasteiger charge is 2.24. The molecule has 0 amide bonds. The van der Waals surface area contributed by atoms with Gasteiger partial charge in [0.25, 0.3) is 0 Å². The molecule has 0 unspecified atom stereocenters.